The fraction of sp³-hybridized carbons (Fsp3) is 0.188. The van der Waals surface area contributed by atoms with Crippen LogP contribution in [-0.4, -0.2) is 12.4 Å². The lowest BCUT2D eigenvalue weighted by Gasteiger charge is -2.07. The molecule has 2 N–H and O–H groups in total. The van der Waals surface area contributed by atoms with E-state index in [9.17, 15) is 4.79 Å². The van der Waals surface area contributed by atoms with Crippen LogP contribution in [0.3, 0.4) is 0 Å². The molecule has 0 amide bonds. The number of hydrogen-bond acceptors (Lipinski definition) is 3. The van der Waals surface area contributed by atoms with Crippen molar-refractivity contribution >= 4 is 11.5 Å². The number of ketones is 1. The van der Waals surface area contributed by atoms with Crippen LogP contribution in [0.15, 0.2) is 42.5 Å². The van der Waals surface area contributed by atoms with Crippen molar-refractivity contribution in [2.45, 2.75) is 13.8 Å². The molecule has 0 aliphatic rings. The second-order valence-electron chi connectivity index (χ2n) is 4.36. The Labute approximate surface area is 113 Å². The lowest BCUT2D eigenvalue weighted by molar-refractivity contribution is 0.103. The molecule has 0 radical (unpaired) electrons. The number of aryl methyl sites for hydroxylation is 1. The van der Waals surface area contributed by atoms with Gasteiger partial charge in [0.1, 0.15) is 5.75 Å². The number of anilines is 1. The average Bonchev–Trinajstić information content (AvgIpc) is 2.39. The molecule has 0 saturated heterocycles. The largest absolute Gasteiger partial charge is 0.494 e. The van der Waals surface area contributed by atoms with Gasteiger partial charge in [0, 0.05) is 16.8 Å². The van der Waals surface area contributed by atoms with Gasteiger partial charge in [-0.1, -0.05) is 0 Å². The van der Waals surface area contributed by atoms with Gasteiger partial charge in [-0.25, -0.2) is 0 Å². The summed E-state index contributed by atoms with van der Waals surface area (Å²) < 4.78 is 5.36. The van der Waals surface area contributed by atoms with E-state index in [-0.39, 0.29) is 5.78 Å². The van der Waals surface area contributed by atoms with Crippen molar-refractivity contribution in [1.29, 1.82) is 0 Å². The van der Waals surface area contributed by atoms with E-state index in [0.717, 1.165) is 11.3 Å². The van der Waals surface area contributed by atoms with Crippen molar-refractivity contribution in [3.05, 3.63) is 59.2 Å². The summed E-state index contributed by atoms with van der Waals surface area (Å²) >= 11 is 0. The summed E-state index contributed by atoms with van der Waals surface area (Å²) in [4.78, 5) is 12.4. The second kappa shape index (κ2) is 5.57. The van der Waals surface area contributed by atoms with E-state index in [4.69, 9.17) is 10.5 Å². The Morgan fingerprint density at radius 3 is 2.42 bits per heavy atom. The topological polar surface area (TPSA) is 52.3 Å². The van der Waals surface area contributed by atoms with Crippen LogP contribution in [0.1, 0.15) is 28.4 Å². The van der Waals surface area contributed by atoms with Crippen LogP contribution in [-0.2, 0) is 0 Å². The number of carbonyl (C=O) groups is 1. The minimum atomic E-state index is 0.000508. The number of ether oxygens (including phenoxy) is 1. The summed E-state index contributed by atoms with van der Waals surface area (Å²) in [6.45, 7) is 4.43. The lowest BCUT2D eigenvalue weighted by Crippen LogP contribution is -2.04. The zero-order valence-corrected chi connectivity index (χ0v) is 11.1. The molecule has 0 spiro atoms. The van der Waals surface area contributed by atoms with E-state index in [1.54, 1.807) is 24.3 Å². The number of rotatable bonds is 4. The third-order valence-electron chi connectivity index (χ3n) is 2.92. The van der Waals surface area contributed by atoms with Crippen molar-refractivity contribution in [3.63, 3.8) is 0 Å². The Balaban J connectivity index is 2.28. The molecule has 2 rings (SSSR count). The Kier molecular flexibility index (Phi) is 3.85. The molecule has 0 fully saturated rings. The quantitative estimate of drug-likeness (QED) is 0.674. The zero-order chi connectivity index (χ0) is 13.8. The highest BCUT2D eigenvalue weighted by atomic mass is 16.5. The zero-order valence-electron chi connectivity index (χ0n) is 11.1. The van der Waals surface area contributed by atoms with Crippen molar-refractivity contribution in [2.24, 2.45) is 0 Å². The van der Waals surface area contributed by atoms with Gasteiger partial charge in [0.25, 0.3) is 0 Å². The van der Waals surface area contributed by atoms with Gasteiger partial charge >= 0.3 is 0 Å². The van der Waals surface area contributed by atoms with E-state index in [2.05, 4.69) is 0 Å². The smallest absolute Gasteiger partial charge is 0.193 e. The first-order valence-corrected chi connectivity index (χ1v) is 6.25. The molecule has 3 nitrogen and oxygen atoms in total. The number of carbonyl (C=O) groups excluding carboxylic acids is 1. The number of nitrogens with two attached hydrogens (primary N) is 1. The van der Waals surface area contributed by atoms with Crippen molar-refractivity contribution in [3.8, 4) is 5.75 Å². The molecular formula is C16H17NO2. The maximum absolute atomic E-state index is 12.4. The average molecular weight is 255 g/mol. The number of benzene rings is 2. The number of nitrogen functional groups attached to an aromatic ring is 1. The Hall–Kier alpha value is -2.29. The summed E-state index contributed by atoms with van der Waals surface area (Å²) in [5, 5.41) is 0. The molecule has 0 saturated carbocycles. The molecule has 0 aliphatic heterocycles. The summed E-state index contributed by atoms with van der Waals surface area (Å²) in [7, 11) is 0. The van der Waals surface area contributed by atoms with Crippen molar-refractivity contribution in [2.75, 3.05) is 12.3 Å². The molecule has 2 aromatic carbocycles. The van der Waals surface area contributed by atoms with Gasteiger partial charge in [0.05, 0.1) is 6.61 Å². The van der Waals surface area contributed by atoms with Crippen LogP contribution in [0.5, 0.6) is 5.75 Å². The predicted molar refractivity (Wildman–Crippen MR) is 76.6 cm³/mol. The third-order valence-corrected chi connectivity index (χ3v) is 2.92. The minimum Gasteiger partial charge on any atom is -0.494 e. The second-order valence-corrected chi connectivity index (χ2v) is 4.36. The van der Waals surface area contributed by atoms with Crippen LogP contribution in [0.4, 0.5) is 5.69 Å². The molecule has 19 heavy (non-hydrogen) atoms. The van der Waals surface area contributed by atoms with E-state index in [0.29, 0.717) is 23.4 Å². The summed E-state index contributed by atoms with van der Waals surface area (Å²) in [6.07, 6.45) is 0. The molecule has 98 valence electrons. The van der Waals surface area contributed by atoms with E-state index in [1.165, 1.54) is 0 Å². The van der Waals surface area contributed by atoms with E-state index in [1.807, 2.05) is 32.0 Å². The Bertz CT molecular complexity index is 588. The minimum absolute atomic E-state index is 0.000508. The molecule has 2 aromatic rings. The van der Waals surface area contributed by atoms with Gasteiger partial charge in [-0.3, -0.25) is 4.79 Å². The third kappa shape index (κ3) is 2.94. The molecule has 0 bridgehead atoms. The standard InChI is InChI=1S/C16H17NO2/c1-3-19-14-7-4-12(5-8-14)16(18)15-9-6-13(17)10-11(15)2/h4-10H,3,17H2,1-2H3. The molecule has 3 heteroatoms. The first-order chi connectivity index (χ1) is 9.11. The van der Waals surface area contributed by atoms with Crippen LogP contribution >= 0.6 is 0 Å². The first-order valence-electron chi connectivity index (χ1n) is 6.25. The van der Waals surface area contributed by atoms with Crippen LogP contribution in [0, 0.1) is 6.92 Å². The van der Waals surface area contributed by atoms with Crippen molar-refractivity contribution in [1.82, 2.24) is 0 Å². The Morgan fingerprint density at radius 1 is 1.16 bits per heavy atom. The summed E-state index contributed by atoms with van der Waals surface area (Å²) in [6, 6.07) is 12.5. The molecule has 0 aliphatic carbocycles. The predicted octanol–water partition coefficient (Wildman–Crippen LogP) is 3.21. The van der Waals surface area contributed by atoms with Gasteiger partial charge in [0.15, 0.2) is 5.78 Å². The molecule has 0 heterocycles. The van der Waals surface area contributed by atoms with Crippen LogP contribution in [0.25, 0.3) is 0 Å². The fourth-order valence-electron chi connectivity index (χ4n) is 1.97. The van der Waals surface area contributed by atoms with E-state index < -0.39 is 0 Å². The monoisotopic (exact) mass is 255 g/mol. The van der Waals surface area contributed by atoms with Gasteiger partial charge in [-0.15, -0.1) is 0 Å². The molecule has 0 atom stereocenters. The SMILES string of the molecule is CCOc1ccc(C(=O)c2ccc(N)cc2C)cc1. The summed E-state index contributed by atoms with van der Waals surface area (Å²) in [5.74, 6) is 0.772. The van der Waals surface area contributed by atoms with E-state index >= 15 is 0 Å². The van der Waals surface area contributed by atoms with Gasteiger partial charge in [0.2, 0.25) is 0 Å². The van der Waals surface area contributed by atoms with Gasteiger partial charge in [-0.05, 0) is 61.9 Å². The molecule has 0 aromatic heterocycles. The van der Waals surface area contributed by atoms with Crippen LogP contribution < -0.4 is 10.5 Å². The Morgan fingerprint density at radius 2 is 1.84 bits per heavy atom. The number of hydrogen-bond donors (Lipinski definition) is 1. The first kappa shape index (κ1) is 13.1. The van der Waals surface area contributed by atoms with Crippen molar-refractivity contribution < 1.29 is 9.53 Å². The van der Waals surface area contributed by atoms with Crippen LogP contribution in [0.2, 0.25) is 0 Å². The fourth-order valence-corrected chi connectivity index (χ4v) is 1.97. The highest BCUT2D eigenvalue weighted by Crippen LogP contribution is 2.19. The maximum atomic E-state index is 12.4. The molecular weight excluding hydrogens is 238 g/mol. The van der Waals surface area contributed by atoms with Gasteiger partial charge < -0.3 is 10.5 Å². The normalized spacial score (nSPS) is 10.2. The lowest BCUT2D eigenvalue weighted by atomic mass is 9.98. The summed E-state index contributed by atoms with van der Waals surface area (Å²) in [5.41, 5.74) is 8.58. The highest BCUT2D eigenvalue weighted by molar-refractivity contribution is 6.10. The molecule has 0 unspecified atom stereocenters. The maximum Gasteiger partial charge on any atom is 0.193 e. The highest BCUT2D eigenvalue weighted by Gasteiger charge is 2.11. The van der Waals surface area contributed by atoms with Gasteiger partial charge in [-0.2, -0.15) is 0 Å².